The van der Waals surface area contributed by atoms with Crippen LogP contribution in [0.4, 0.5) is 4.39 Å². The summed E-state index contributed by atoms with van der Waals surface area (Å²) in [5, 5.41) is 0. The molecular weight excluding hydrogens is 567 g/mol. The van der Waals surface area contributed by atoms with Crippen molar-refractivity contribution in [1.29, 1.82) is 0 Å². The van der Waals surface area contributed by atoms with E-state index in [0.717, 1.165) is 16.5 Å². The number of hydrogen-bond donors (Lipinski definition) is 0. The van der Waals surface area contributed by atoms with Gasteiger partial charge < -0.3 is 14.4 Å². The molecule has 39 heavy (non-hydrogen) atoms. The molecule has 9 heteroatoms. The molecule has 0 bridgehead atoms. The summed E-state index contributed by atoms with van der Waals surface area (Å²) in [6, 6.07) is 6.41. The fraction of sp³-hybridized carbons (Fsp3) is 0.533. The quantitative estimate of drug-likeness (QED) is 0.153. The van der Waals surface area contributed by atoms with E-state index in [9.17, 15) is 18.8 Å². The standard InChI is InChI=1S/C14H17BrFNO.C5H7NO.C4H10O.C3H6O2.2C2H6/c1-3-14(18)17(2)10-12(15)7-4-11-5-8-13(16)9-6-11;1-3-6-5(2)4-7;1-4(2)5-3;1-2-5-3-4;2*1-2/h5-9H,3-4,10H2,1-2H3;3-4H,2H2,1H3;4H,1-3H3;3H,2H2,1H3;2*1-2H3/b12-7-;;;;;. The number of aliphatic imine (C=N–C) groups is 1. The molecule has 1 aromatic rings. The Labute approximate surface area is 245 Å². The van der Waals surface area contributed by atoms with Crippen LogP contribution in [0.2, 0.25) is 0 Å². The molecule has 0 heterocycles. The highest BCUT2D eigenvalue weighted by molar-refractivity contribution is 9.11. The van der Waals surface area contributed by atoms with E-state index in [1.807, 2.05) is 54.5 Å². The van der Waals surface area contributed by atoms with Gasteiger partial charge in [-0.3, -0.25) is 19.4 Å². The molecule has 0 aliphatic heterocycles. The number of benzene rings is 1. The predicted octanol–water partition coefficient (Wildman–Crippen LogP) is 7.58. The first-order chi connectivity index (χ1) is 18.5. The molecule has 0 spiro atoms. The van der Waals surface area contributed by atoms with Crippen molar-refractivity contribution in [2.24, 2.45) is 4.99 Å². The van der Waals surface area contributed by atoms with E-state index in [2.05, 4.69) is 32.2 Å². The molecule has 0 aliphatic carbocycles. The van der Waals surface area contributed by atoms with Gasteiger partial charge in [0.25, 0.3) is 6.47 Å². The smallest absolute Gasteiger partial charge is 0.293 e. The van der Waals surface area contributed by atoms with E-state index in [0.29, 0.717) is 38.4 Å². The summed E-state index contributed by atoms with van der Waals surface area (Å²) in [6.45, 7) is 22.1. The highest BCUT2D eigenvalue weighted by Gasteiger charge is 2.06. The summed E-state index contributed by atoms with van der Waals surface area (Å²) in [7, 11) is 3.48. The molecule has 0 saturated carbocycles. The van der Waals surface area contributed by atoms with Gasteiger partial charge in [-0.25, -0.2) is 4.39 Å². The number of amides is 1. The van der Waals surface area contributed by atoms with Crippen molar-refractivity contribution in [1.82, 2.24) is 4.90 Å². The SMILES string of the molecule is C=C(C=O)N=CC.CC.CC.CCC(=O)N(C)C/C(Br)=C/Cc1ccc(F)cc1.CCOC=O.COC(C)C. The molecule has 1 amide bonds. The van der Waals surface area contributed by atoms with E-state index >= 15 is 0 Å². The fourth-order valence-electron chi connectivity index (χ4n) is 1.76. The molecule has 1 rings (SSSR count). The van der Waals surface area contributed by atoms with Crippen LogP contribution >= 0.6 is 15.9 Å². The van der Waals surface area contributed by atoms with Crippen LogP contribution < -0.4 is 0 Å². The molecule has 0 aromatic heterocycles. The summed E-state index contributed by atoms with van der Waals surface area (Å²) >= 11 is 3.44. The van der Waals surface area contributed by atoms with Crippen LogP contribution in [0.15, 0.2) is 52.1 Å². The van der Waals surface area contributed by atoms with Crippen LogP contribution in [-0.4, -0.2) is 63.2 Å². The topological polar surface area (TPSA) is 85.3 Å². The van der Waals surface area contributed by atoms with Gasteiger partial charge in [0.15, 0.2) is 6.29 Å². The average Bonchev–Trinajstić information content (AvgIpc) is 2.95. The second kappa shape index (κ2) is 37.5. The lowest BCUT2D eigenvalue weighted by Gasteiger charge is -2.15. The number of ether oxygens (including phenoxy) is 2. The van der Waals surface area contributed by atoms with E-state index in [1.54, 1.807) is 45.0 Å². The van der Waals surface area contributed by atoms with Crippen molar-refractivity contribution in [3.63, 3.8) is 0 Å². The maximum Gasteiger partial charge on any atom is 0.293 e. The number of carbonyl (C=O) groups is 3. The Balaban J connectivity index is -0.000000151. The molecular formula is C30H52BrFN2O5. The second-order valence-electron chi connectivity index (χ2n) is 6.92. The predicted molar refractivity (Wildman–Crippen MR) is 167 cm³/mol. The third-order valence-electron chi connectivity index (χ3n) is 3.73. The van der Waals surface area contributed by atoms with Crippen molar-refractivity contribution < 1.29 is 28.2 Å². The zero-order valence-electron chi connectivity index (χ0n) is 25.9. The van der Waals surface area contributed by atoms with Crippen molar-refractivity contribution >= 4 is 40.8 Å². The van der Waals surface area contributed by atoms with Gasteiger partial charge in [-0.2, -0.15) is 0 Å². The normalized spacial score (nSPS) is 9.33. The van der Waals surface area contributed by atoms with Crippen molar-refractivity contribution in [2.75, 3.05) is 27.3 Å². The van der Waals surface area contributed by atoms with Crippen LogP contribution in [0, 0.1) is 5.82 Å². The first-order valence-electron chi connectivity index (χ1n) is 13.1. The van der Waals surface area contributed by atoms with E-state index < -0.39 is 0 Å². The molecule has 0 atom stereocenters. The van der Waals surface area contributed by atoms with Gasteiger partial charge in [0.1, 0.15) is 5.82 Å². The number of likely N-dealkylation sites (N-methyl/N-ethyl adjacent to an activating group) is 1. The number of halogens is 2. The van der Waals surface area contributed by atoms with Crippen LogP contribution in [0.5, 0.6) is 0 Å². The van der Waals surface area contributed by atoms with E-state index in [4.69, 9.17) is 4.74 Å². The van der Waals surface area contributed by atoms with Crippen molar-refractivity contribution in [3.05, 3.63) is 58.5 Å². The molecule has 7 nitrogen and oxygen atoms in total. The minimum absolute atomic E-state index is 0.113. The number of hydrogen-bond acceptors (Lipinski definition) is 6. The lowest BCUT2D eigenvalue weighted by Crippen LogP contribution is -2.26. The van der Waals surface area contributed by atoms with Crippen LogP contribution in [-0.2, 0) is 30.3 Å². The maximum absolute atomic E-state index is 12.7. The zero-order chi connectivity index (χ0) is 31.6. The second-order valence-corrected chi connectivity index (χ2v) is 7.94. The Morgan fingerprint density at radius 3 is 1.90 bits per heavy atom. The monoisotopic (exact) mass is 618 g/mol. The lowest BCUT2D eigenvalue weighted by atomic mass is 10.1. The van der Waals surface area contributed by atoms with Gasteiger partial charge in [0.05, 0.1) is 25.0 Å². The Bertz CT molecular complexity index is 767. The Morgan fingerprint density at radius 2 is 1.62 bits per heavy atom. The minimum Gasteiger partial charge on any atom is -0.468 e. The lowest BCUT2D eigenvalue weighted by molar-refractivity contribution is -0.129. The molecule has 0 saturated heterocycles. The number of aldehydes is 1. The Hall–Kier alpha value is -2.65. The molecule has 226 valence electrons. The first kappa shape index (κ1) is 46.2. The van der Waals surface area contributed by atoms with Gasteiger partial charge in [-0.05, 0) is 51.8 Å². The third kappa shape index (κ3) is 40.0. The molecule has 0 N–H and O–H groups in total. The molecule has 0 aliphatic rings. The number of rotatable bonds is 10. The molecule has 0 unspecified atom stereocenters. The largest absolute Gasteiger partial charge is 0.468 e. The summed E-state index contributed by atoms with van der Waals surface area (Å²) in [6.07, 6.45) is 5.74. The number of methoxy groups -OCH3 is 1. The number of allylic oxidation sites excluding steroid dienone is 2. The van der Waals surface area contributed by atoms with Crippen molar-refractivity contribution in [3.8, 4) is 0 Å². The van der Waals surface area contributed by atoms with E-state index in [1.165, 1.54) is 18.3 Å². The van der Waals surface area contributed by atoms with E-state index in [-0.39, 0.29) is 17.4 Å². The zero-order valence-corrected chi connectivity index (χ0v) is 27.5. The Kier molecular flexibility index (Phi) is 44.4. The first-order valence-corrected chi connectivity index (χ1v) is 13.9. The van der Waals surface area contributed by atoms with Crippen LogP contribution in [0.1, 0.15) is 74.3 Å². The average molecular weight is 620 g/mol. The van der Waals surface area contributed by atoms with Gasteiger partial charge in [0.2, 0.25) is 5.91 Å². The van der Waals surface area contributed by atoms with Gasteiger partial charge in [-0.1, -0.05) is 75.3 Å². The maximum atomic E-state index is 12.7. The summed E-state index contributed by atoms with van der Waals surface area (Å²) in [4.78, 5) is 35.5. The highest BCUT2D eigenvalue weighted by Crippen LogP contribution is 2.11. The Morgan fingerprint density at radius 1 is 1.13 bits per heavy atom. The summed E-state index contributed by atoms with van der Waals surface area (Å²) in [5.41, 5.74) is 1.31. The van der Waals surface area contributed by atoms with Gasteiger partial charge in [-0.15, -0.1) is 0 Å². The summed E-state index contributed by atoms with van der Waals surface area (Å²) < 4.78 is 22.6. The van der Waals surface area contributed by atoms with Crippen LogP contribution in [0.25, 0.3) is 0 Å². The number of carbonyl (C=O) groups excluding carboxylic acids is 3. The summed E-state index contributed by atoms with van der Waals surface area (Å²) in [5.74, 6) is -0.114. The minimum atomic E-state index is -0.227. The van der Waals surface area contributed by atoms with Gasteiger partial charge in [0, 0.05) is 31.3 Å². The fourth-order valence-corrected chi connectivity index (χ4v) is 2.30. The van der Waals surface area contributed by atoms with Gasteiger partial charge >= 0.3 is 0 Å². The molecule has 1 aromatic carbocycles. The molecule has 0 fully saturated rings. The van der Waals surface area contributed by atoms with Crippen LogP contribution in [0.3, 0.4) is 0 Å². The third-order valence-corrected chi connectivity index (χ3v) is 4.30. The highest BCUT2D eigenvalue weighted by atomic mass is 79.9. The number of nitrogens with zero attached hydrogens (tertiary/aromatic N) is 2. The van der Waals surface area contributed by atoms with Crippen molar-refractivity contribution in [2.45, 2.75) is 81.3 Å². The molecule has 0 radical (unpaired) electrons.